The molecule has 1 N–H and O–H groups in total. The largest absolute Gasteiger partial charge is 0.507 e. The van der Waals surface area contributed by atoms with E-state index in [0.29, 0.717) is 27.5 Å². The smallest absolute Gasteiger partial charge is 0.185 e. The van der Waals surface area contributed by atoms with Crippen molar-refractivity contribution in [1.82, 2.24) is 20.2 Å². The maximum atomic E-state index is 15.5. The monoisotopic (exact) mass is 497 g/mol. The van der Waals surface area contributed by atoms with Crippen LogP contribution in [0.15, 0.2) is 41.7 Å². The molecule has 184 valence electrons. The third-order valence-corrected chi connectivity index (χ3v) is 8.50. The van der Waals surface area contributed by atoms with Gasteiger partial charge in [0.05, 0.1) is 17.8 Å². The van der Waals surface area contributed by atoms with E-state index in [1.165, 1.54) is 23.9 Å². The Morgan fingerprint density at radius 1 is 1.09 bits per heavy atom. The molecule has 2 heterocycles. The SMILES string of the molecule is CSc1ncc(-c2ccc(-c3ncc(N(C)[C@@H]4C[C@@]5(C)CC[C@](C)(C5)[C@@H]4F)nn3)c(O)c2)cc1F. The van der Waals surface area contributed by atoms with E-state index in [-0.39, 0.29) is 28.4 Å². The highest BCUT2D eigenvalue weighted by molar-refractivity contribution is 7.98. The molecule has 0 spiro atoms. The molecule has 0 aliphatic heterocycles. The molecule has 2 aliphatic carbocycles. The fraction of sp³-hybridized carbons (Fsp3) is 0.462. The number of nitrogens with zero attached hydrogens (tertiary/aromatic N) is 5. The van der Waals surface area contributed by atoms with Gasteiger partial charge in [0.25, 0.3) is 0 Å². The average Bonchev–Trinajstić information content (AvgIpc) is 3.12. The number of fused-ring (bicyclic) bond motifs is 2. The van der Waals surface area contributed by atoms with Crippen LogP contribution in [0.5, 0.6) is 5.75 Å². The van der Waals surface area contributed by atoms with E-state index in [0.717, 1.165) is 25.7 Å². The van der Waals surface area contributed by atoms with Gasteiger partial charge in [0.2, 0.25) is 0 Å². The van der Waals surface area contributed by atoms with E-state index in [2.05, 4.69) is 34.0 Å². The molecular formula is C26H29F2N5OS. The molecule has 0 saturated heterocycles. The molecular weight excluding hydrogens is 468 g/mol. The van der Waals surface area contributed by atoms with E-state index < -0.39 is 12.0 Å². The Kier molecular flexibility index (Phi) is 5.94. The minimum absolute atomic E-state index is 0.0479. The van der Waals surface area contributed by atoms with Crippen molar-refractivity contribution in [3.8, 4) is 28.3 Å². The summed E-state index contributed by atoms with van der Waals surface area (Å²) in [5.41, 5.74) is 1.44. The zero-order valence-corrected chi connectivity index (χ0v) is 21.1. The third kappa shape index (κ3) is 4.24. The summed E-state index contributed by atoms with van der Waals surface area (Å²) in [6.07, 6.45) is 7.64. The summed E-state index contributed by atoms with van der Waals surface area (Å²) in [4.78, 5) is 10.4. The van der Waals surface area contributed by atoms with Crippen LogP contribution in [-0.2, 0) is 0 Å². The lowest BCUT2D eigenvalue weighted by atomic mass is 9.67. The molecule has 35 heavy (non-hydrogen) atoms. The summed E-state index contributed by atoms with van der Waals surface area (Å²) in [7, 11) is 1.85. The number of hydrogen-bond acceptors (Lipinski definition) is 7. The van der Waals surface area contributed by atoms with Gasteiger partial charge in [-0.3, -0.25) is 0 Å². The van der Waals surface area contributed by atoms with Crippen molar-refractivity contribution >= 4 is 17.6 Å². The molecule has 4 atom stereocenters. The van der Waals surface area contributed by atoms with Gasteiger partial charge in [-0.05, 0) is 61.1 Å². The first kappa shape index (κ1) is 23.9. The average molecular weight is 498 g/mol. The molecule has 9 heteroatoms. The molecule has 5 rings (SSSR count). The minimum atomic E-state index is -0.939. The molecule has 3 aromatic rings. The quantitative estimate of drug-likeness (QED) is 0.439. The zero-order valence-electron chi connectivity index (χ0n) is 20.3. The summed E-state index contributed by atoms with van der Waals surface area (Å²) < 4.78 is 29.6. The fourth-order valence-electron chi connectivity index (χ4n) is 5.91. The van der Waals surface area contributed by atoms with Crippen LogP contribution in [0.3, 0.4) is 0 Å². The Morgan fingerprint density at radius 2 is 1.89 bits per heavy atom. The van der Waals surface area contributed by atoms with Gasteiger partial charge in [-0.2, -0.15) is 0 Å². The van der Waals surface area contributed by atoms with Gasteiger partial charge < -0.3 is 10.0 Å². The number of aromatic hydroxyl groups is 1. The van der Waals surface area contributed by atoms with Gasteiger partial charge in [0.15, 0.2) is 17.5 Å². The van der Waals surface area contributed by atoms with Gasteiger partial charge >= 0.3 is 0 Å². The predicted octanol–water partition coefficient (Wildman–Crippen LogP) is 5.91. The number of alkyl halides is 1. The molecule has 2 aromatic heterocycles. The van der Waals surface area contributed by atoms with Crippen LogP contribution in [0.4, 0.5) is 14.6 Å². The van der Waals surface area contributed by atoms with Gasteiger partial charge in [-0.1, -0.05) is 19.9 Å². The van der Waals surface area contributed by atoms with Crippen molar-refractivity contribution in [3.63, 3.8) is 0 Å². The van der Waals surface area contributed by atoms with Crippen molar-refractivity contribution in [2.75, 3.05) is 18.2 Å². The van der Waals surface area contributed by atoms with Crippen molar-refractivity contribution in [3.05, 3.63) is 42.5 Å². The molecule has 0 amide bonds. The predicted molar refractivity (Wildman–Crippen MR) is 134 cm³/mol. The third-order valence-electron chi connectivity index (χ3n) is 7.82. The second-order valence-corrected chi connectivity index (χ2v) is 11.3. The normalized spacial score (nSPS) is 27.7. The van der Waals surface area contributed by atoms with Crippen LogP contribution < -0.4 is 4.90 Å². The first-order valence-corrected chi connectivity index (χ1v) is 12.9. The summed E-state index contributed by atoms with van der Waals surface area (Å²) in [6, 6.07) is 6.07. The highest BCUT2D eigenvalue weighted by atomic mass is 32.2. The van der Waals surface area contributed by atoms with Crippen LogP contribution in [0.25, 0.3) is 22.5 Å². The summed E-state index contributed by atoms with van der Waals surface area (Å²) in [5.74, 6) is 0.303. The lowest BCUT2D eigenvalue weighted by molar-refractivity contribution is 0.0380. The van der Waals surface area contributed by atoms with Gasteiger partial charge in [0, 0.05) is 24.2 Å². The number of phenolic OH excluding ortho intramolecular Hbond substituents is 1. The second kappa shape index (κ2) is 8.69. The van der Waals surface area contributed by atoms with Crippen molar-refractivity contribution in [2.45, 2.75) is 56.8 Å². The summed E-state index contributed by atoms with van der Waals surface area (Å²) in [5, 5.41) is 19.5. The molecule has 6 nitrogen and oxygen atoms in total. The highest BCUT2D eigenvalue weighted by Crippen LogP contribution is 2.59. The molecule has 2 saturated carbocycles. The number of pyridine rings is 1. The number of hydrogen-bond donors (Lipinski definition) is 1. The number of halogens is 2. The van der Waals surface area contributed by atoms with E-state index in [9.17, 15) is 9.50 Å². The number of rotatable bonds is 5. The lowest BCUT2D eigenvalue weighted by Crippen LogP contribution is -2.52. The first-order chi connectivity index (χ1) is 16.6. The van der Waals surface area contributed by atoms with Crippen molar-refractivity contribution in [2.24, 2.45) is 10.8 Å². The second-order valence-electron chi connectivity index (χ2n) is 10.5. The number of benzene rings is 1. The Bertz CT molecular complexity index is 1260. The highest BCUT2D eigenvalue weighted by Gasteiger charge is 2.56. The number of phenols is 1. The standard InChI is InChI=1S/C26H29F2N5OS/c1-25-7-8-26(2,14-25)22(28)19(11-25)33(3)21-13-29-23(32-31-21)17-6-5-15(10-20(17)34)16-9-18(27)24(35-4)30-12-16/h5-6,9-10,12-13,19,22,34H,7-8,11,14H2,1-4H3/t19-,22-,25-,26-/m1/s1. The molecule has 0 unspecified atom stereocenters. The fourth-order valence-corrected chi connectivity index (χ4v) is 6.32. The molecule has 2 fully saturated rings. The molecule has 2 bridgehead atoms. The summed E-state index contributed by atoms with van der Waals surface area (Å²) in [6.45, 7) is 4.32. The topological polar surface area (TPSA) is 75.0 Å². The Labute approximate surface area is 208 Å². The maximum absolute atomic E-state index is 15.5. The van der Waals surface area contributed by atoms with Crippen LogP contribution >= 0.6 is 11.8 Å². The summed E-state index contributed by atoms with van der Waals surface area (Å²) >= 11 is 1.23. The minimum Gasteiger partial charge on any atom is -0.507 e. The number of aromatic nitrogens is 4. The number of anilines is 1. The van der Waals surface area contributed by atoms with E-state index in [1.54, 1.807) is 30.8 Å². The van der Waals surface area contributed by atoms with E-state index >= 15 is 4.39 Å². The van der Waals surface area contributed by atoms with Gasteiger partial charge in [-0.25, -0.2) is 18.7 Å². The first-order valence-electron chi connectivity index (χ1n) is 11.7. The molecule has 0 radical (unpaired) electrons. The lowest BCUT2D eigenvalue weighted by Gasteiger charge is -2.46. The van der Waals surface area contributed by atoms with Gasteiger partial charge in [0.1, 0.15) is 16.9 Å². The van der Waals surface area contributed by atoms with E-state index in [4.69, 9.17) is 0 Å². The Balaban J connectivity index is 1.36. The Hall–Kier alpha value is -2.81. The number of thioether (sulfide) groups is 1. The van der Waals surface area contributed by atoms with Crippen LogP contribution in [0, 0.1) is 16.6 Å². The maximum Gasteiger partial charge on any atom is 0.185 e. The van der Waals surface area contributed by atoms with Crippen LogP contribution in [0.1, 0.15) is 39.5 Å². The van der Waals surface area contributed by atoms with Crippen LogP contribution in [-0.4, -0.2) is 50.8 Å². The van der Waals surface area contributed by atoms with Crippen molar-refractivity contribution in [1.29, 1.82) is 0 Å². The van der Waals surface area contributed by atoms with Crippen molar-refractivity contribution < 1.29 is 13.9 Å². The molecule has 2 aliphatic rings. The van der Waals surface area contributed by atoms with E-state index in [1.807, 2.05) is 11.9 Å². The molecule has 1 aromatic carbocycles. The van der Waals surface area contributed by atoms with Crippen LogP contribution in [0.2, 0.25) is 0 Å². The Morgan fingerprint density at radius 3 is 2.54 bits per heavy atom. The zero-order chi connectivity index (χ0) is 25.0. The van der Waals surface area contributed by atoms with Gasteiger partial charge in [-0.15, -0.1) is 22.0 Å².